The second-order valence-electron chi connectivity index (χ2n) is 4.64. The lowest BCUT2D eigenvalue weighted by Gasteiger charge is -2.08. The fraction of sp³-hybridized carbons (Fsp3) is 0.600. The Bertz CT molecular complexity index is 309. The van der Waals surface area contributed by atoms with Crippen LogP contribution in [0.15, 0.2) is 24.3 Å². The van der Waals surface area contributed by atoms with Crippen molar-refractivity contribution in [2.45, 2.75) is 45.6 Å². The predicted octanol–water partition coefficient (Wildman–Crippen LogP) is 3.37. The van der Waals surface area contributed by atoms with Crippen molar-refractivity contribution in [1.29, 1.82) is 0 Å². The molecule has 0 amide bonds. The van der Waals surface area contributed by atoms with E-state index >= 15 is 0 Å². The van der Waals surface area contributed by atoms with Crippen molar-refractivity contribution < 1.29 is 9.47 Å². The second kappa shape index (κ2) is 8.81. The minimum atomic E-state index is 0.292. The first-order valence-corrected chi connectivity index (χ1v) is 6.83. The number of hydrogen-bond donors (Lipinski definition) is 1. The van der Waals surface area contributed by atoms with Gasteiger partial charge in [-0.05, 0) is 56.9 Å². The quantitative estimate of drug-likeness (QED) is 0.684. The van der Waals surface area contributed by atoms with E-state index in [4.69, 9.17) is 15.2 Å². The van der Waals surface area contributed by atoms with E-state index in [0.29, 0.717) is 6.04 Å². The maximum Gasteiger partial charge on any atom is 0.119 e. The summed E-state index contributed by atoms with van der Waals surface area (Å²) < 4.78 is 11.2. The minimum absolute atomic E-state index is 0.292. The van der Waals surface area contributed by atoms with E-state index in [1.165, 1.54) is 0 Å². The lowest BCUT2D eigenvalue weighted by Crippen LogP contribution is -2.14. The van der Waals surface area contributed by atoms with Gasteiger partial charge in [-0.25, -0.2) is 0 Å². The highest BCUT2D eigenvalue weighted by atomic mass is 16.5. The lowest BCUT2D eigenvalue weighted by atomic mass is 10.1. The van der Waals surface area contributed by atoms with Crippen LogP contribution in [0.5, 0.6) is 11.5 Å². The van der Waals surface area contributed by atoms with E-state index in [-0.39, 0.29) is 0 Å². The van der Waals surface area contributed by atoms with E-state index in [1.807, 2.05) is 31.2 Å². The monoisotopic (exact) mass is 251 g/mol. The molecule has 1 aromatic rings. The second-order valence-corrected chi connectivity index (χ2v) is 4.64. The smallest absolute Gasteiger partial charge is 0.119 e. The van der Waals surface area contributed by atoms with E-state index < -0.39 is 0 Å². The number of rotatable bonds is 9. The Balaban J connectivity index is 2.18. The van der Waals surface area contributed by atoms with Crippen LogP contribution in [-0.2, 0) is 0 Å². The highest BCUT2D eigenvalue weighted by Gasteiger charge is 1.97. The molecule has 1 rings (SSSR count). The van der Waals surface area contributed by atoms with E-state index in [2.05, 4.69) is 6.92 Å². The van der Waals surface area contributed by atoms with Crippen LogP contribution in [0.2, 0.25) is 0 Å². The van der Waals surface area contributed by atoms with E-state index in [0.717, 1.165) is 50.4 Å². The summed E-state index contributed by atoms with van der Waals surface area (Å²) in [7, 11) is 0. The van der Waals surface area contributed by atoms with Gasteiger partial charge in [-0.2, -0.15) is 0 Å². The molecule has 0 radical (unpaired) electrons. The summed E-state index contributed by atoms with van der Waals surface area (Å²) >= 11 is 0. The largest absolute Gasteiger partial charge is 0.494 e. The first-order valence-electron chi connectivity index (χ1n) is 6.83. The van der Waals surface area contributed by atoms with Gasteiger partial charge in [0.2, 0.25) is 0 Å². The normalized spacial score (nSPS) is 12.2. The number of unbranched alkanes of at least 4 members (excludes halogenated alkanes) is 1. The SMILES string of the molecule is CCCOc1ccc(OCCCCC(C)N)cc1. The molecule has 0 aliphatic heterocycles. The zero-order chi connectivity index (χ0) is 13.2. The van der Waals surface area contributed by atoms with Crippen LogP contribution in [0.4, 0.5) is 0 Å². The average Bonchev–Trinajstić information content (AvgIpc) is 2.37. The van der Waals surface area contributed by atoms with Crippen LogP contribution in [0.25, 0.3) is 0 Å². The Morgan fingerprint density at radius 2 is 1.56 bits per heavy atom. The molecule has 0 aliphatic carbocycles. The number of ether oxygens (including phenoxy) is 2. The van der Waals surface area contributed by atoms with Gasteiger partial charge in [-0.3, -0.25) is 0 Å². The molecule has 1 unspecified atom stereocenters. The van der Waals surface area contributed by atoms with Gasteiger partial charge in [0, 0.05) is 6.04 Å². The van der Waals surface area contributed by atoms with Crippen LogP contribution < -0.4 is 15.2 Å². The molecule has 102 valence electrons. The first kappa shape index (κ1) is 14.8. The molecular weight excluding hydrogens is 226 g/mol. The topological polar surface area (TPSA) is 44.5 Å². The number of benzene rings is 1. The molecule has 1 aromatic carbocycles. The molecule has 0 saturated carbocycles. The van der Waals surface area contributed by atoms with Crippen molar-refractivity contribution in [2.75, 3.05) is 13.2 Å². The van der Waals surface area contributed by atoms with Gasteiger partial charge in [-0.15, -0.1) is 0 Å². The van der Waals surface area contributed by atoms with Gasteiger partial charge in [-0.1, -0.05) is 6.92 Å². The third-order valence-electron chi connectivity index (χ3n) is 2.62. The van der Waals surface area contributed by atoms with Gasteiger partial charge in [0.15, 0.2) is 0 Å². The molecule has 2 N–H and O–H groups in total. The molecule has 0 heterocycles. The molecule has 18 heavy (non-hydrogen) atoms. The van der Waals surface area contributed by atoms with Crippen LogP contribution in [0, 0.1) is 0 Å². The van der Waals surface area contributed by atoms with Crippen LogP contribution in [0.3, 0.4) is 0 Å². The standard InChI is InChI=1S/C15H25NO2/c1-3-11-17-14-7-9-15(10-8-14)18-12-5-4-6-13(2)16/h7-10,13H,3-6,11-12,16H2,1-2H3. The summed E-state index contributed by atoms with van der Waals surface area (Å²) in [6.45, 7) is 5.65. The Labute approximate surface area is 110 Å². The highest BCUT2D eigenvalue weighted by Crippen LogP contribution is 2.18. The molecule has 3 nitrogen and oxygen atoms in total. The molecule has 0 saturated heterocycles. The third-order valence-corrected chi connectivity index (χ3v) is 2.62. The summed E-state index contributed by atoms with van der Waals surface area (Å²) in [5.41, 5.74) is 5.69. The third kappa shape index (κ3) is 6.50. The molecular formula is C15H25NO2. The molecule has 0 spiro atoms. The molecule has 0 fully saturated rings. The summed E-state index contributed by atoms with van der Waals surface area (Å²) in [5.74, 6) is 1.81. The zero-order valence-electron chi connectivity index (χ0n) is 11.5. The molecule has 3 heteroatoms. The van der Waals surface area contributed by atoms with Gasteiger partial charge in [0.05, 0.1) is 13.2 Å². The number of nitrogens with two attached hydrogens (primary N) is 1. The van der Waals surface area contributed by atoms with Gasteiger partial charge in [0.25, 0.3) is 0 Å². The lowest BCUT2D eigenvalue weighted by molar-refractivity contribution is 0.299. The van der Waals surface area contributed by atoms with Crippen molar-refractivity contribution in [3.05, 3.63) is 24.3 Å². The number of hydrogen-bond acceptors (Lipinski definition) is 3. The Morgan fingerprint density at radius 1 is 1.00 bits per heavy atom. The van der Waals surface area contributed by atoms with Crippen molar-refractivity contribution in [3.8, 4) is 11.5 Å². The summed E-state index contributed by atoms with van der Waals surface area (Å²) in [4.78, 5) is 0. The first-order chi connectivity index (χ1) is 8.72. The Morgan fingerprint density at radius 3 is 2.06 bits per heavy atom. The average molecular weight is 251 g/mol. The van der Waals surface area contributed by atoms with Gasteiger partial charge < -0.3 is 15.2 Å². The van der Waals surface area contributed by atoms with Crippen LogP contribution in [0.1, 0.15) is 39.5 Å². The summed E-state index contributed by atoms with van der Waals surface area (Å²) in [6.07, 6.45) is 4.26. The van der Waals surface area contributed by atoms with Crippen LogP contribution >= 0.6 is 0 Å². The molecule has 0 aromatic heterocycles. The Kier molecular flexibility index (Phi) is 7.26. The van der Waals surface area contributed by atoms with E-state index in [9.17, 15) is 0 Å². The fourth-order valence-electron chi connectivity index (χ4n) is 1.61. The van der Waals surface area contributed by atoms with E-state index in [1.54, 1.807) is 0 Å². The molecule has 0 aliphatic rings. The Hall–Kier alpha value is -1.22. The summed E-state index contributed by atoms with van der Waals surface area (Å²) in [5, 5.41) is 0. The van der Waals surface area contributed by atoms with Gasteiger partial charge >= 0.3 is 0 Å². The van der Waals surface area contributed by atoms with Crippen molar-refractivity contribution in [2.24, 2.45) is 5.73 Å². The van der Waals surface area contributed by atoms with Crippen molar-refractivity contribution >= 4 is 0 Å². The molecule has 0 bridgehead atoms. The van der Waals surface area contributed by atoms with Crippen molar-refractivity contribution in [1.82, 2.24) is 0 Å². The minimum Gasteiger partial charge on any atom is -0.494 e. The highest BCUT2D eigenvalue weighted by molar-refractivity contribution is 5.31. The summed E-state index contributed by atoms with van der Waals surface area (Å²) in [6, 6.07) is 8.10. The van der Waals surface area contributed by atoms with Crippen LogP contribution in [-0.4, -0.2) is 19.3 Å². The van der Waals surface area contributed by atoms with Gasteiger partial charge in [0.1, 0.15) is 11.5 Å². The predicted molar refractivity (Wildman–Crippen MR) is 75.2 cm³/mol. The molecule has 1 atom stereocenters. The maximum atomic E-state index is 5.69. The van der Waals surface area contributed by atoms with Crippen molar-refractivity contribution in [3.63, 3.8) is 0 Å². The maximum absolute atomic E-state index is 5.69. The fourth-order valence-corrected chi connectivity index (χ4v) is 1.61. The zero-order valence-corrected chi connectivity index (χ0v) is 11.5.